The van der Waals surface area contributed by atoms with Crippen LogP contribution in [-0.4, -0.2) is 70.4 Å². The number of morpholine rings is 1. The van der Waals surface area contributed by atoms with Crippen molar-refractivity contribution in [2.45, 2.75) is 45.7 Å². The van der Waals surface area contributed by atoms with Crippen LogP contribution >= 0.6 is 0 Å². The minimum absolute atomic E-state index is 0.183. The molecule has 45 heavy (non-hydrogen) atoms. The minimum Gasteiger partial charge on any atom is -0.492 e. The molecule has 3 heterocycles. The van der Waals surface area contributed by atoms with Crippen molar-refractivity contribution in [1.29, 1.82) is 0 Å². The van der Waals surface area contributed by atoms with Gasteiger partial charge < -0.3 is 14.8 Å². The number of aromatic nitrogens is 1. The number of anilines is 3. The first-order valence-electron chi connectivity index (χ1n) is 14.9. The Morgan fingerprint density at radius 3 is 2.47 bits per heavy atom. The molecule has 1 atom stereocenters. The van der Waals surface area contributed by atoms with Crippen molar-refractivity contribution >= 4 is 33.0 Å². The van der Waals surface area contributed by atoms with Crippen LogP contribution in [0.25, 0.3) is 0 Å². The maximum absolute atomic E-state index is 13.6. The Morgan fingerprint density at radius 2 is 1.82 bits per heavy atom. The normalized spacial score (nSPS) is 17.4. The van der Waals surface area contributed by atoms with Crippen LogP contribution in [0.2, 0.25) is 0 Å². The molecule has 1 fully saturated rings. The molecular weight excluding hydrogens is 594 g/mol. The zero-order valence-corrected chi connectivity index (χ0v) is 27.4. The van der Waals surface area contributed by atoms with E-state index in [0.29, 0.717) is 17.8 Å². The van der Waals surface area contributed by atoms with E-state index in [0.717, 1.165) is 67.2 Å². The molecule has 2 aliphatic rings. The fourth-order valence-corrected chi connectivity index (χ4v) is 5.82. The van der Waals surface area contributed by atoms with Crippen molar-refractivity contribution in [3.8, 4) is 5.75 Å². The summed E-state index contributed by atoms with van der Waals surface area (Å²) in [4.78, 5) is 20.6. The molecule has 1 amide bonds. The Bertz CT molecular complexity index is 1680. The van der Waals surface area contributed by atoms with Crippen molar-refractivity contribution < 1.29 is 22.7 Å². The second-order valence-corrected chi connectivity index (χ2v) is 14.2. The number of amides is 1. The number of aryl methyl sites for hydroxylation is 1. The van der Waals surface area contributed by atoms with Gasteiger partial charge in [0, 0.05) is 31.4 Å². The molecule has 0 bridgehead atoms. The lowest BCUT2D eigenvalue weighted by molar-refractivity contribution is 0.0336. The van der Waals surface area contributed by atoms with Crippen molar-refractivity contribution in [3.63, 3.8) is 0 Å². The fraction of sp³-hybridized carbons (Fsp3) is 0.438. The minimum atomic E-state index is -3.60. The Hall–Kier alpha value is -4.07. The molecule has 1 saturated heterocycles. The molecule has 0 radical (unpaired) electrons. The average Bonchev–Trinajstić information content (AvgIpc) is 3.47. The van der Waals surface area contributed by atoms with Crippen LogP contribution in [0.1, 0.15) is 59.6 Å². The van der Waals surface area contributed by atoms with Gasteiger partial charge in [0.15, 0.2) is 5.75 Å². The summed E-state index contributed by atoms with van der Waals surface area (Å²) < 4.78 is 37.7. The number of nitrogens with one attached hydrogen (secondary N) is 2. The molecule has 5 rings (SSSR count). The number of carbonyl (C=O) groups is 1. The topological polar surface area (TPSA) is 138 Å². The number of sulfonamides is 1. The van der Waals surface area contributed by atoms with E-state index in [2.05, 4.69) is 36.3 Å². The van der Waals surface area contributed by atoms with Crippen molar-refractivity contribution in [2.75, 3.05) is 61.3 Å². The molecule has 0 spiro atoms. The first-order chi connectivity index (χ1) is 21.3. The van der Waals surface area contributed by atoms with E-state index in [-0.39, 0.29) is 28.8 Å². The smallest absolute Gasteiger partial charge is 0.255 e. The lowest BCUT2D eigenvalue weighted by Gasteiger charge is -2.26. The van der Waals surface area contributed by atoms with E-state index in [9.17, 15) is 13.2 Å². The van der Waals surface area contributed by atoms with E-state index in [1.54, 1.807) is 29.3 Å². The Kier molecular flexibility index (Phi) is 9.42. The quantitative estimate of drug-likeness (QED) is 0.332. The van der Waals surface area contributed by atoms with E-state index in [1.165, 1.54) is 7.11 Å². The van der Waals surface area contributed by atoms with Gasteiger partial charge in [-0.3, -0.25) is 19.4 Å². The van der Waals surface area contributed by atoms with Gasteiger partial charge in [-0.1, -0.05) is 38.1 Å². The molecule has 13 heteroatoms. The van der Waals surface area contributed by atoms with Gasteiger partial charge in [0.1, 0.15) is 6.04 Å². The van der Waals surface area contributed by atoms with E-state index in [1.807, 2.05) is 46.0 Å². The van der Waals surface area contributed by atoms with Gasteiger partial charge in [-0.05, 0) is 59.4 Å². The van der Waals surface area contributed by atoms with E-state index >= 15 is 0 Å². The maximum atomic E-state index is 13.6. The van der Waals surface area contributed by atoms with Gasteiger partial charge in [-0.2, -0.15) is 5.11 Å². The number of carbonyl (C=O) groups excluding carboxylic acids is 1. The largest absolute Gasteiger partial charge is 0.492 e. The van der Waals surface area contributed by atoms with Crippen LogP contribution in [0.3, 0.4) is 0 Å². The summed E-state index contributed by atoms with van der Waals surface area (Å²) in [6.07, 6.45) is 2.94. The summed E-state index contributed by atoms with van der Waals surface area (Å²) in [5.74, 6) is -0.159. The Morgan fingerprint density at radius 1 is 1.09 bits per heavy atom. The molecular formula is C32H41N7O5S. The highest BCUT2D eigenvalue weighted by Gasteiger charge is 2.26. The maximum Gasteiger partial charge on any atom is 0.255 e. The second kappa shape index (κ2) is 13.1. The van der Waals surface area contributed by atoms with Crippen LogP contribution in [0.15, 0.2) is 59.0 Å². The zero-order valence-electron chi connectivity index (χ0n) is 26.6. The van der Waals surface area contributed by atoms with E-state index < -0.39 is 10.0 Å². The van der Waals surface area contributed by atoms with Crippen molar-refractivity contribution in [2.24, 2.45) is 10.3 Å². The van der Waals surface area contributed by atoms with Gasteiger partial charge in [0.05, 0.1) is 55.9 Å². The zero-order chi connectivity index (χ0) is 32.4. The SMILES string of the molecule is COc1c(NC(=O)c2ccc(C)c(N3CC(c4ccc(CN5CCOCC5)nc4)N=N3)c2)cc(C(C)(C)C)cc1NS(C)(=O)=O. The van der Waals surface area contributed by atoms with Crippen LogP contribution in [-0.2, 0) is 26.7 Å². The Labute approximate surface area is 264 Å². The molecule has 2 aromatic carbocycles. The molecule has 12 nitrogen and oxygen atoms in total. The first-order valence-corrected chi connectivity index (χ1v) is 16.8. The highest BCUT2D eigenvalue weighted by molar-refractivity contribution is 7.92. The molecule has 0 saturated carbocycles. The summed E-state index contributed by atoms with van der Waals surface area (Å²) >= 11 is 0. The monoisotopic (exact) mass is 635 g/mol. The number of rotatable bonds is 9. The number of methoxy groups -OCH3 is 1. The number of pyridine rings is 1. The molecule has 240 valence electrons. The number of benzene rings is 2. The highest BCUT2D eigenvalue weighted by Crippen LogP contribution is 2.39. The predicted molar refractivity (Wildman–Crippen MR) is 175 cm³/mol. The number of nitrogens with zero attached hydrogens (tertiary/aromatic N) is 5. The van der Waals surface area contributed by atoms with Gasteiger partial charge >= 0.3 is 0 Å². The van der Waals surface area contributed by atoms with Crippen LogP contribution in [0.4, 0.5) is 17.1 Å². The molecule has 0 aliphatic carbocycles. The third-order valence-corrected chi connectivity index (χ3v) is 8.41. The number of hydrogen-bond donors (Lipinski definition) is 2. The summed E-state index contributed by atoms with van der Waals surface area (Å²) in [6, 6.07) is 12.8. The standard InChI is InChI=1S/C32H41N7O5S/c1-21-7-8-22(31(40)34-26-16-24(32(2,3)4)17-27(30(26)43-5)36-45(6,41)42)15-29(21)39-20-28(35-37-39)23-9-10-25(33-18-23)19-38-11-13-44-14-12-38/h7-10,15-18,28,36H,11-14,19-20H2,1-6H3,(H,34,40). The second-order valence-electron chi connectivity index (χ2n) is 12.5. The highest BCUT2D eigenvalue weighted by atomic mass is 32.2. The molecule has 3 aromatic rings. The molecule has 1 aromatic heterocycles. The van der Waals surface area contributed by atoms with Gasteiger partial charge in [-0.15, -0.1) is 0 Å². The first kappa shape index (κ1) is 32.3. The molecule has 1 unspecified atom stereocenters. The number of hydrogen-bond acceptors (Lipinski definition) is 10. The average molecular weight is 636 g/mol. The molecule has 2 N–H and O–H groups in total. The van der Waals surface area contributed by atoms with Crippen molar-refractivity contribution in [3.05, 3.63) is 76.6 Å². The Balaban J connectivity index is 1.32. The van der Waals surface area contributed by atoms with Crippen LogP contribution < -0.4 is 19.8 Å². The lowest BCUT2D eigenvalue weighted by Crippen LogP contribution is -2.35. The lowest BCUT2D eigenvalue weighted by atomic mass is 9.86. The van der Waals surface area contributed by atoms with Gasteiger partial charge in [0.2, 0.25) is 10.0 Å². The van der Waals surface area contributed by atoms with Crippen LogP contribution in [0, 0.1) is 6.92 Å². The summed E-state index contributed by atoms with van der Waals surface area (Å²) in [5.41, 5.74) is 5.19. The predicted octanol–water partition coefficient (Wildman–Crippen LogP) is 5.08. The van der Waals surface area contributed by atoms with E-state index in [4.69, 9.17) is 9.47 Å². The summed E-state index contributed by atoms with van der Waals surface area (Å²) in [7, 11) is -2.17. The third kappa shape index (κ3) is 7.96. The van der Waals surface area contributed by atoms with Gasteiger partial charge in [-0.25, -0.2) is 13.4 Å². The van der Waals surface area contributed by atoms with Crippen molar-refractivity contribution in [1.82, 2.24) is 9.88 Å². The summed E-state index contributed by atoms with van der Waals surface area (Å²) in [6.45, 7) is 12.6. The number of ether oxygens (including phenoxy) is 2. The third-order valence-electron chi connectivity index (χ3n) is 7.82. The van der Waals surface area contributed by atoms with Crippen LogP contribution in [0.5, 0.6) is 5.75 Å². The fourth-order valence-electron chi connectivity index (χ4n) is 5.27. The van der Waals surface area contributed by atoms with Gasteiger partial charge in [0.25, 0.3) is 5.91 Å². The summed E-state index contributed by atoms with van der Waals surface area (Å²) in [5, 5.41) is 13.7. The molecule has 2 aliphatic heterocycles.